The van der Waals surface area contributed by atoms with Crippen molar-refractivity contribution in [2.24, 2.45) is 5.73 Å². The van der Waals surface area contributed by atoms with Crippen LogP contribution >= 0.6 is 12.4 Å². The normalized spacial score (nSPS) is 11.5. The molecule has 0 aliphatic carbocycles. The number of aliphatic hydroxyl groups is 1. The minimum absolute atomic E-state index is 0. The fourth-order valence-corrected chi connectivity index (χ4v) is 10.7. The van der Waals surface area contributed by atoms with Crippen LogP contribution < -0.4 is 27.0 Å². The lowest BCUT2D eigenvalue weighted by Crippen LogP contribution is -2.33. The van der Waals surface area contributed by atoms with E-state index in [0.717, 1.165) is 12.0 Å². The largest absolute Gasteiger partial charge is 0.481 e. The number of ether oxygens (including phenoxy) is 5. The van der Waals surface area contributed by atoms with Crippen LogP contribution in [0, 0.1) is 0 Å². The molecule has 8 aromatic carbocycles. The Morgan fingerprint density at radius 2 is 0.587 bits per heavy atom. The third-order valence-electron chi connectivity index (χ3n) is 17.2. The van der Waals surface area contributed by atoms with Crippen molar-refractivity contribution in [1.29, 1.82) is 0 Å². The molecule has 646 valence electrons. The molecule has 0 radical (unpaired) electrons. The Morgan fingerprint density at radius 1 is 0.339 bits per heavy atom. The molecule has 8 N–H and O–H groups in total. The van der Waals surface area contributed by atoms with Crippen molar-refractivity contribution in [1.82, 2.24) is 21.3 Å². The summed E-state index contributed by atoms with van der Waals surface area (Å²) in [5, 5.41) is 27.7. The van der Waals surface area contributed by atoms with Gasteiger partial charge in [-0.05, 0) is 122 Å². The van der Waals surface area contributed by atoms with Crippen LogP contribution in [-0.4, -0.2) is 163 Å². The van der Waals surface area contributed by atoms with Gasteiger partial charge in [-0.3, -0.25) is 67.1 Å². The number of aliphatic carboxylic acids is 1. The lowest BCUT2D eigenvalue weighted by Gasteiger charge is -2.19. The average molecular weight is 1680 g/mol. The van der Waals surface area contributed by atoms with E-state index < -0.39 is 58.8 Å². The number of carboxylic acid groups (broad SMARTS) is 1. The minimum atomic E-state index is -0.899. The fourth-order valence-electron chi connectivity index (χ4n) is 10.7. The molecule has 8 aromatic rings. The quantitative estimate of drug-likeness (QED) is 0.00830. The van der Waals surface area contributed by atoms with E-state index in [1.54, 1.807) is 251 Å². The Morgan fingerprint density at radius 3 is 0.835 bits per heavy atom. The van der Waals surface area contributed by atoms with Gasteiger partial charge in [0.2, 0.25) is 23.6 Å². The van der Waals surface area contributed by atoms with Crippen molar-refractivity contribution >= 4 is 95.0 Å². The van der Waals surface area contributed by atoms with E-state index in [1.807, 2.05) is 43.3 Å². The van der Waals surface area contributed by atoms with Gasteiger partial charge in [-0.25, -0.2) is 0 Å². The number of carboxylic acids is 1. The Balaban J connectivity index is 0.000000399. The fraction of sp³-hybridized carbons (Fsp3) is 0.340. The molecule has 0 aromatic heterocycles. The van der Waals surface area contributed by atoms with Crippen molar-refractivity contribution in [2.45, 2.75) is 150 Å². The predicted molar refractivity (Wildman–Crippen MR) is 460 cm³/mol. The zero-order chi connectivity index (χ0) is 88.7. The summed E-state index contributed by atoms with van der Waals surface area (Å²) in [4.78, 5) is 166. The molecule has 0 spiro atoms. The van der Waals surface area contributed by atoms with Gasteiger partial charge < -0.3 is 60.9 Å². The van der Waals surface area contributed by atoms with E-state index in [0.29, 0.717) is 74.2 Å². The summed E-state index contributed by atoms with van der Waals surface area (Å²) in [6, 6.07) is 63.5. The summed E-state index contributed by atoms with van der Waals surface area (Å²) in [6.45, 7) is 20.2. The smallest absolute Gasteiger partial charge is 0.313 e. The molecule has 4 amide bonds. The highest BCUT2D eigenvalue weighted by atomic mass is 35.5. The van der Waals surface area contributed by atoms with Crippen LogP contribution in [0.3, 0.4) is 0 Å². The molecule has 4 atom stereocenters. The van der Waals surface area contributed by atoms with Gasteiger partial charge >= 0.3 is 35.8 Å². The molecule has 0 saturated carbocycles. The number of esters is 5. The van der Waals surface area contributed by atoms with Crippen LogP contribution in [0.15, 0.2) is 218 Å². The van der Waals surface area contributed by atoms with E-state index in [1.165, 1.54) is 0 Å². The first-order valence-electron chi connectivity index (χ1n) is 39.4. The maximum atomic E-state index is 12.6. The second-order valence-corrected chi connectivity index (χ2v) is 29.3. The first-order valence-corrected chi connectivity index (χ1v) is 39.4. The summed E-state index contributed by atoms with van der Waals surface area (Å²) < 4.78 is 25.8. The van der Waals surface area contributed by atoms with Crippen LogP contribution in [-0.2, 0) is 71.6 Å². The van der Waals surface area contributed by atoms with Crippen molar-refractivity contribution in [3.8, 4) is 0 Å². The molecule has 0 bridgehead atoms. The van der Waals surface area contributed by atoms with Gasteiger partial charge in [-0.2, -0.15) is 0 Å². The number of amides is 4. The van der Waals surface area contributed by atoms with Gasteiger partial charge in [0, 0.05) is 70.3 Å². The van der Waals surface area contributed by atoms with Crippen molar-refractivity contribution < 1.29 is 101 Å². The number of hydrogen-bond donors (Lipinski definition) is 7. The Kier molecular flexibility index (Phi) is 46.1. The Hall–Kier alpha value is -12.7. The standard InChI is InChI=1S/C26H31NO6.C22H25NO4.C20H22N2O4.C16H14O3.C10H19NO4.ClH/c1-18(20-11-8-12-21(17-20)24(30)19-9-6-5-7-10-19)25(31)32-16-15-27-22(28)13-14-23(29)33-26(2,3)4;1-3-8-20(24)23-13-14-27-22(26)16(2)18-11-7-12-19(15-18)21(25)17-9-5-4-6-10-17;1-14(20(25)26-11-10-22-18(23)13-21)16-8-5-9-17(12-16)19(24)15-6-3-2-4-7-15;1-11(16(18)19)13-8-5-9-14(10-13)15(17)12-6-3-2-4-7-12;1-10(2,3)15-9(14)5-4-8(13)11-6-7-12;/h5-12,17-18H,13-16H2,1-4H3,(H,27,28);4-7,9-12,15-16H,3,8,13-14H2,1-2H3,(H,23,24);2-9,12,14H,10-11,13,21H2,1H3,(H,22,23);2-11H,1H3,(H,18,19);12H,4-7H2,1-3H3,(H,11,13);1H. The molecule has 8 rings (SSSR count). The predicted octanol–water partition coefficient (Wildman–Crippen LogP) is 12.7. The summed E-state index contributed by atoms with van der Waals surface area (Å²) in [5.41, 5.74) is 11.2. The van der Waals surface area contributed by atoms with Crippen LogP contribution in [0.5, 0.6) is 0 Å². The van der Waals surface area contributed by atoms with Crippen LogP contribution in [0.4, 0.5) is 0 Å². The first-order chi connectivity index (χ1) is 57.1. The summed E-state index contributed by atoms with van der Waals surface area (Å²) in [7, 11) is 0. The second kappa shape index (κ2) is 54.4. The van der Waals surface area contributed by atoms with E-state index >= 15 is 0 Å². The zero-order valence-electron chi connectivity index (χ0n) is 70.3. The highest BCUT2D eigenvalue weighted by Crippen LogP contribution is 2.25. The third kappa shape index (κ3) is 39.6. The van der Waals surface area contributed by atoms with Gasteiger partial charge in [-0.1, -0.05) is 201 Å². The molecule has 27 heteroatoms. The average Bonchev–Trinajstić information content (AvgIpc) is 0.852. The number of hydrogen-bond acceptors (Lipinski definition) is 21. The molecular weight excluding hydrogens is 1570 g/mol. The molecular formula is C94H112ClN5O21. The lowest BCUT2D eigenvalue weighted by atomic mass is 9.96. The molecule has 0 heterocycles. The van der Waals surface area contributed by atoms with E-state index in [4.69, 9.17) is 39.6 Å². The van der Waals surface area contributed by atoms with Gasteiger partial charge in [0.1, 0.15) is 31.0 Å². The van der Waals surface area contributed by atoms with Gasteiger partial charge in [0.25, 0.3) is 0 Å². The second-order valence-electron chi connectivity index (χ2n) is 29.3. The minimum Gasteiger partial charge on any atom is -0.481 e. The number of rotatable bonds is 36. The van der Waals surface area contributed by atoms with Crippen molar-refractivity contribution in [3.63, 3.8) is 0 Å². The monoisotopic (exact) mass is 1680 g/mol. The SMILES string of the molecule is CC(C(=O)O)c1cccc(C(=O)c2ccccc2)c1.CC(C(=O)OCCNC(=O)CCC(=O)OC(C)(C)C)c1cccc(C(=O)c2ccccc2)c1.CC(C(=O)OCCNC(=O)CN)c1cccc(C(=O)c2ccccc2)c1.CC(C)(C)OC(=O)CCC(=O)NCCO.CCCC(=O)NCCOC(=O)C(C)c1cccc(C(=O)c2ccccc2)c1.Cl. The molecule has 0 fully saturated rings. The molecule has 4 unspecified atom stereocenters. The molecule has 0 aliphatic rings. The number of carbonyl (C=O) groups is 14. The molecule has 121 heavy (non-hydrogen) atoms. The number of ketones is 4. The highest BCUT2D eigenvalue weighted by Gasteiger charge is 2.25. The number of aliphatic hydroxyl groups excluding tert-OH is 1. The summed E-state index contributed by atoms with van der Waals surface area (Å²) in [6.07, 6.45) is 1.39. The number of benzene rings is 8. The maximum Gasteiger partial charge on any atom is 0.313 e. The zero-order valence-corrected chi connectivity index (χ0v) is 71.2. The van der Waals surface area contributed by atoms with Crippen LogP contribution in [0.2, 0.25) is 0 Å². The topological polar surface area (TPSA) is 400 Å². The molecule has 0 saturated heterocycles. The van der Waals surface area contributed by atoms with Crippen molar-refractivity contribution in [3.05, 3.63) is 285 Å². The van der Waals surface area contributed by atoms with Crippen LogP contribution in [0.25, 0.3) is 0 Å². The number of carbonyl (C=O) groups excluding carboxylic acids is 13. The number of nitrogens with two attached hydrogens (primary N) is 1. The summed E-state index contributed by atoms with van der Waals surface area (Å²) in [5.74, 6) is -6.54. The van der Waals surface area contributed by atoms with Gasteiger partial charge in [0.15, 0.2) is 23.1 Å². The lowest BCUT2D eigenvalue weighted by molar-refractivity contribution is -0.156. The highest BCUT2D eigenvalue weighted by molar-refractivity contribution is 6.11. The van der Waals surface area contributed by atoms with E-state index in [2.05, 4.69) is 21.3 Å². The number of nitrogens with one attached hydrogen (secondary N) is 4. The first kappa shape index (κ1) is 103. The van der Waals surface area contributed by atoms with E-state index in [-0.39, 0.29) is 149 Å². The molecule has 0 aliphatic heterocycles. The number of halogens is 1. The van der Waals surface area contributed by atoms with Gasteiger partial charge in [0.05, 0.1) is 69.3 Å². The van der Waals surface area contributed by atoms with Crippen molar-refractivity contribution in [2.75, 3.05) is 59.2 Å². The van der Waals surface area contributed by atoms with Crippen LogP contribution in [0.1, 0.15) is 224 Å². The Bertz CT molecular complexity index is 4680. The summed E-state index contributed by atoms with van der Waals surface area (Å²) >= 11 is 0. The maximum absolute atomic E-state index is 12.6. The van der Waals surface area contributed by atoms with Gasteiger partial charge in [-0.15, -0.1) is 12.4 Å². The third-order valence-corrected chi connectivity index (χ3v) is 17.2. The Labute approximate surface area is 713 Å². The van der Waals surface area contributed by atoms with E-state index in [9.17, 15) is 67.1 Å². The molecule has 26 nitrogen and oxygen atoms in total.